The second-order valence-electron chi connectivity index (χ2n) is 5.04. The quantitative estimate of drug-likeness (QED) is 0.776. The van der Waals surface area contributed by atoms with Crippen molar-refractivity contribution in [3.05, 3.63) is 0 Å². The zero-order chi connectivity index (χ0) is 11.3. The lowest BCUT2D eigenvalue weighted by Crippen LogP contribution is -2.53. The molecule has 0 aromatic carbocycles. The monoisotopic (exact) mass is 232 g/mol. The summed E-state index contributed by atoms with van der Waals surface area (Å²) in [6.07, 6.45) is 4.43. The molecule has 15 heavy (non-hydrogen) atoms. The average molecular weight is 232 g/mol. The number of fused-ring (bicyclic) bond motifs is 3. The number of hydrogen-bond donors (Lipinski definition) is 1. The predicted octanol–water partition coefficient (Wildman–Crippen LogP) is 1.21. The molecule has 3 fully saturated rings. The summed E-state index contributed by atoms with van der Waals surface area (Å²) in [5.41, 5.74) is -0.619. The van der Waals surface area contributed by atoms with E-state index in [9.17, 15) is 13.2 Å². The Morgan fingerprint density at radius 1 is 1.07 bits per heavy atom. The van der Waals surface area contributed by atoms with Crippen molar-refractivity contribution in [3.8, 4) is 0 Å². The molecule has 86 valence electrons. The molecule has 3 aliphatic carbocycles. The Labute approximate surface area is 89.6 Å². The number of carboxylic acid groups (broad SMARTS) is 1. The fourth-order valence-corrected chi connectivity index (χ4v) is 4.45. The van der Waals surface area contributed by atoms with Gasteiger partial charge in [0.15, 0.2) is 9.84 Å². The molecule has 0 aromatic heterocycles. The maximum atomic E-state index is 11.7. The Hall–Kier alpha value is -0.580. The summed E-state index contributed by atoms with van der Waals surface area (Å²) in [4.78, 5) is 11.1. The first kappa shape index (κ1) is 10.9. The van der Waals surface area contributed by atoms with Gasteiger partial charge >= 0.3 is 5.97 Å². The molecule has 0 spiro atoms. The van der Waals surface area contributed by atoms with E-state index in [1.165, 1.54) is 6.26 Å². The lowest BCUT2D eigenvalue weighted by molar-refractivity contribution is -0.154. The summed E-state index contributed by atoms with van der Waals surface area (Å²) in [6.45, 7) is 0. The van der Waals surface area contributed by atoms with E-state index in [0.29, 0.717) is 38.5 Å². The highest BCUT2D eigenvalue weighted by atomic mass is 32.2. The van der Waals surface area contributed by atoms with E-state index in [2.05, 4.69) is 0 Å². The van der Waals surface area contributed by atoms with E-state index in [-0.39, 0.29) is 0 Å². The Morgan fingerprint density at radius 3 is 1.73 bits per heavy atom. The van der Waals surface area contributed by atoms with Crippen molar-refractivity contribution < 1.29 is 18.3 Å². The first-order chi connectivity index (χ1) is 6.81. The van der Waals surface area contributed by atoms with Crippen LogP contribution < -0.4 is 0 Å². The largest absolute Gasteiger partial charge is 0.481 e. The topological polar surface area (TPSA) is 71.4 Å². The standard InChI is InChI=1S/C10H16O4S/c1-15(13,14)10-5-2-9(3-6-10,4-7-10)8(11)12/h2-7H2,1H3,(H,11,12). The second kappa shape index (κ2) is 2.97. The zero-order valence-corrected chi connectivity index (χ0v) is 9.64. The van der Waals surface area contributed by atoms with Gasteiger partial charge in [-0.2, -0.15) is 0 Å². The number of rotatable bonds is 2. The minimum Gasteiger partial charge on any atom is -0.481 e. The summed E-state index contributed by atoms with van der Waals surface area (Å²) in [5.74, 6) is -0.746. The number of carboxylic acids is 1. The molecule has 0 atom stereocenters. The van der Waals surface area contributed by atoms with Crippen molar-refractivity contribution in [1.82, 2.24) is 0 Å². The predicted molar refractivity (Wildman–Crippen MR) is 55.3 cm³/mol. The van der Waals surface area contributed by atoms with Gasteiger partial charge in [0.25, 0.3) is 0 Å². The molecule has 0 heterocycles. The molecule has 3 aliphatic rings. The first-order valence-corrected chi connectivity index (χ1v) is 7.14. The summed E-state index contributed by atoms with van der Waals surface area (Å²) < 4.78 is 22.8. The van der Waals surface area contributed by atoms with Crippen LogP contribution in [0.5, 0.6) is 0 Å². The van der Waals surface area contributed by atoms with Crippen LogP contribution in [0.3, 0.4) is 0 Å². The molecule has 0 unspecified atom stereocenters. The fraction of sp³-hybridized carbons (Fsp3) is 0.900. The van der Waals surface area contributed by atoms with Crippen molar-refractivity contribution in [1.29, 1.82) is 0 Å². The summed E-state index contributed by atoms with van der Waals surface area (Å²) in [5, 5.41) is 9.15. The highest BCUT2D eigenvalue weighted by Crippen LogP contribution is 2.55. The molecule has 0 radical (unpaired) electrons. The van der Waals surface area contributed by atoms with Gasteiger partial charge in [-0.25, -0.2) is 8.42 Å². The van der Waals surface area contributed by atoms with Crippen molar-refractivity contribution in [2.75, 3.05) is 6.26 Å². The Kier molecular flexibility index (Phi) is 2.16. The van der Waals surface area contributed by atoms with Crippen LogP contribution >= 0.6 is 0 Å². The van der Waals surface area contributed by atoms with Crippen LogP contribution in [-0.2, 0) is 14.6 Å². The van der Waals surface area contributed by atoms with Crippen LogP contribution in [0.1, 0.15) is 38.5 Å². The maximum Gasteiger partial charge on any atom is 0.309 e. The number of hydrogen-bond acceptors (Lipinski definition) is 3. The lowest BCUT2D eigenvalue weighted by Gasteiger charge is -2.50. The van der Waals surface area contributed by atoms with E-state index in [1.54, 1.807) is 0 Å². The van der Waals surface area contributed by atoms with Crippen molar-refractivity contribution in [3.63, 3.8) is 0 Å². The van der Waals surface area contributed by atoms with E-state index in [4.69, 9.17) is 5.11 Å². The summed E-state index contributed by atoms with van der Waals surface area (Å²) in [6, 6.07) is 0. The molecule has 0 amide bonds. The molecule has 5 heteroatoms. The van der Waals surface area contributed by atoms with Crippen molar-refractivity contribution >= 4 is 15.8 Å². The van der Waals surface area contributed by atoms with Crippen LogP contribution in [-0.4, -0.2) is 30.5 Å². The minimum absolute atomic E-state index is 0.523. The van der Waals surface area contributed by atoms with Gasteiger partial charge in [0, 0.05) is 6.26 Å². The molecule has 0 aliphatic heterocycles. The molecule has 0 aromatic rings. The third-order valence-electron chi connectivity index (χ3n) is 4.42. The van der Waals surface area contributed by atoms with E-state index in [0.717, 1.165) is 0 Å². The molecular formula is C10H16O4S. The molecule has 3 rings (SSSR count). The van der Waals surface area contributed by atoms with Gasteiger partial charge in [0.1, 0.15) is 0 Å². The number of carbonyl (C=O) groups is 1. The van der Waals surface area contributed by atoms with Gasteiger partial charge in [-0.05, 0) is 38.5 Å². The Morgan fingerprint density at radius 2 is 1.47 bits per heavy atom. The Bertz CT molecular complexity index is 371. The highest BCUT2D eigenvalue weighted by Gasteiger charge is 2.56. The third-order valence-corrected chi connectivity index (χ3v) is 6.60. The van der Waals surface area contributed by atoms with Crippen molar-refractivity contribution in [2.45, 2.75) is 43.3 Å². The molecular weight excluding hydrogens is 216 g/mol. The highest BCUT2D eigenvalue weighted by molar-refractivity contribution is 7.92. The molecule has 3 saturated carbocycles. The van der Waals surface area contributed by atoms with Gasteiger partial charge in [0.2, 0.25) is 0 Å². The van der Waals surface area contributed by atoms with E-state index in [1.807, 2.05) is 0 Å². The van der Waals surface area contributed by atoms with Gasteiger partial charge in [-0.15, -0.1) is 0 Å². The van der Waals surface area contributed by atoms with Crippen LogP contribution in [0.15, 0.2) is 0 Å². The third kappa shape index (κ3) is 1.40. The Balaban J connectivity index is 2.29. The van der Waals surface area contributed by atoms with E-state index >= 15 is 0 Å². The molecule has 1 N–H and O–H groups in total. The van der Waals surface area contributed by atoms with Crippen LogP contribution in [0.2, 0.25) is 0 Å². The normalized spacial score (nSPS) is 40.3. The maximum absolute atomic E-state index is 11.7. The number of aliphatic carboxylic acids is 1. The average Bonchev–Trinajstić information content (AvgIpc) is 2.19. The smallest absolute Gasteiger partial charge is 0.309 e. The first-order valence-electron chi connectivity index (χ1n) is 5.24. The van der Waals surface area contributed by atoms with Crippen LogP contribution in [0.4, 0.5) is 0 Å². The van der Waals surface area contributed by atoms with Gasteiger partial charge in [0.05, 0.1) is 10.2 Å². The van der Waals surface area contributed by atoms with E-state index < -0.39 is 26.0 Å². The van der Waals surface area contributed by atoms with Crippen LogP contribution in [0.25, 0.3) is 0 Å². The summed E-state index contributed by atoms with van der Waals surface area (Å²) >= 11 is 0. The molecule has 0 saturated heterocycles. The second-order valence-corrected chi connectivity index (χ2v) is 7.45. The number of sulfone groups is 1. The zero-order valence-electron chi connectivity index (χ0n) is 8.82. The molecule has 4 nitrogen and oxygen atoms in total. The fourth-order valence-electron chi connectivity index (χ4n) is 3.03. The van der Waals surface area contributed by atoms with Crippen molar-refractivity contribution in [2.24, 2.45) is 5.41 Å². The van der Waals surface area contributed by atoms with Crippen LogP contribution in [0, 0.1) is 5.41 Å². The SMILES string of the molecule is CS(=O)(=O)C12CCC(C(=O)O)(CC1)CC2. The molecule has 2 bridgehead atoms. The minimum atomic E-state index is -3.05. The van der Waals surface area contributed by atoms with Gasteiger partial charge in [-0.1, -0.05) is 0 Å². The summed E-state index contributed by atoms with van der Waals surface area (Å²) in [7, 11) is -3.05. The lowest BCUT2D eigenvalue weighted by atomic mass is 9.60. The van der Waals surface area contributed by atoms with Gasteiger partial charge in [-0.3, -0.25) is 4.79 Å². The van der Waals surface area contributed by atoms with Gasteiger partial charge < -0.3 is 5.11 Å².